The first-order valence-corrected chi connectivity index (χ1v) is 5.98. The van der Waals surface area contributed by atoms with Crippen molar-refractivity contribution in [2.45, 2.75) is 26.3 Å². The van der Waals surface area contributed by atoms with Crippen LogP contribution < -0.4 is 0 Å². The molecule has 0 fully saturated rings. The van der Waals surface area contributed by atoms with Crippen LogP contribution in [0.4, 0.5) is 0 Å². The highest BCUT2D eigenvalue weighted by Crippen LogP contribution is 2.11. The number of Topliss-reactive ketones (excluding diaryl/α,β-unsaturated/α-hetero) is 1. The van der Waals surface area contributed by atoms with Gasteiger partial charge in [0.05, 0.1) is 12.6 Å². The SMILES string of the molecule is CC(C)N(CCC#N)CC(=O)c1ccc(O)cc1. The summed E-state index contributed by atoms with van der Waals surface area (Å²) >= 11 is 0. The summed E-state index contributed by atoms with van der Waals surface area (Å²) < 4.78 is 0. The van der Waals surface area contributed by atoms with Crippen molar-refractivity contribution in [1.82, 2.24) is 4.90 Å². The average Bonchev–Trinajstić information content (AvgIpc) is 2.34. The number of hydrogen-bond acceptors (Lipinski definition) is 4. The number of carbonyl (C=O) groups excluding carboxylic acids is 1. The lowest BCUT2D eigenvalue weighted by Gasteiger charge is -2.24. The van der Waals surface area contributed by atoms with E-state index in [9.17, 15) is 4.79 Å². The molecule has 0 saturated heterocycles. The summed E-state index contributed by atoms with van der Waals surface area (Å²) in [5.41, 5.74) is 0.579. The van der Waals surface area contributed by atoms with Crippen LogP contribution in [0.25, 0.3) is 0 Å². The van der Waals surface area contributed by atoms with E-state index in [1.54, 1.807) is 12.1 Å². The second-order valence-corrected chi connectivity index (χ2v) is 4.44. The molecule has 0 bridgehead atoms. The van der Waals surface area contributed by atoms with E-state index in [-0.39, 0.29) is 17.6 Å². The van der Waals surface area contributed by atoms with Gasteiger partial charge in [-0.3, -0.25) is 9.69 Å². The van der Waals surface area contributed by atoms with Crippen LogP contribution in [-0.2, 0) is 0 Å². The lowest BCUT2D eigenvalue weighted by molar-refractivity contribution is 0.0908. The molecule has 18 heavy (non-hydrogen) atoms. The Morgan fingerprint density at radius 3 is 2.50 bits per heavy atom. The van der Waals surface area contributed by atoms with E-state index in [0.717, 1.165) is 0 Å². The lowest BCUT2D eigenvalue weighted by Crippen LogP contribution is -2.36. The number of phenols is 1. The highest BCUT2D eigenvalue weighted by atomic mass is 16.3. The first kappa shape index (κ1) is 14.2. The maximum Gasteiger partial charge on any atom is 0.176 e. The number of ketones is 1. The molecule has 1 aromatic rings. The first-order valence-electron chi connectivity index (χ1n) is 5.98. The predicted molar refractivity (Wildman–Crippen MR) is 69.4 cm³/mol. The van der Waals surface area contributed by atoms with E-state index in [1.165, 1.54) is 12.1 Å². The Labute approximate surface area is 107 Å². The number of nitrogens with zero attached hydrogens (tertiary/aromatic N) is 2. The van der Waals surface area contributed by atoms with E-state index < -0.39 is 0 Å². The number of rotatable bonds is 6. The normalized spacial score (nSPS) is 10.6. The van der Waals surface area contributed by atoms with Crippen molar-refractivity contribution in [3.05, 3.63) is 29.8 Å². The molecule has 0 spiro atoms. The van der Waals surface area contributed by atoms with Gasteiger partial charge in [-0.05, 0) is 38.1 Å². The van der Waals surface area contributed by atoms with Crippen LogP contribution >= 0.6 is 0 Å². The van der Waals surface area contributed by atoms with Crippen LogP contribution in [0.5, 0.6) is 5.75 Å². The van der Waals surface area contributed by atoms with Crippen molar-refractivity contribution >= 4 is 5.78 Å². The number of hydrogen-bond donors (Lipinski definition) is 1. The van der Waals surface area contributed by atoms with Crippen molar-refractivity contribution in [3.63, 3.8) is 0 Å². The molecule has 1 rings (SSSR count). The van der Waals surface area contributed by atoms with Gasteiger partial charge in [-0.2, -0.15) is 5.26 Å². The molecule has 0 unspecified atom stereocenters. The Morgan fingerprint density at radius 1 is 1.39 bits per heavy atom. The Morgan fingerprint density at radius 2 is 2.00 bits per heavy atom. The molecule has 0 aliphatic carbocycles. The molecule has 0 aliphatic rings. The Bertz CT molecular complexity index is 432. The molecule has 0 heterocycles. The van der Waals surface area contributed by atoms with Gasteiger partial charge in [0.25, 0.3) is 0 Å². The molecule has 0 atom stereocenters. The zero-order valence-corrected chi connectivity index (χ0v) is 10.8. The molecule has 4 heteroatoms. The maximum absolute atomic E-state index is 12.0. The van der Waals surface area contributed by atoms with Gasteiger partial charge < -0.3 is 5.11 Å². The molecule has 0 aromatic heterocycles. The molecule has 0 amide bonds. The fraction of sp³-hybridized carbons (Fsp3) is 0.429. The zero-order chi connectivity index (χ0) is 13.5. The van der Waals surface area contributed by atoms with Gasteiger partial charge in [-0.25, -0.2) is 0 Å². The summed E-state index contributed by atoms with van der Waals surface area (Å²) in [5, 5.41) is 17.8. The highest BCUT2D eigenvalue weighted by Gasteiger charge is 2.14. The standard InChI is InChI=1S/C14H18N2O2/c1-11(2)16(9-3-8-15)10-14(18)12-4-6-13(17)7-5-12/h4-7,11,17H,3,9-10H2,1-2H3. The van der Waals surface area contributed by atoms with Gasteiger partial charge in [-0.1, -0.05) is 0 Å². The molecular formula is C14H18N2O2. The first-order chi connectivity index (χ1) is 8.54. The fourth-order valence-electron chi connectivity index (χ4n) is 1.64. The minimum atomic E-state index is 0.00152. The monoisotopic (exact) mass is 246 g/mol. The summed E-state index contributed by atoms with van der Waals surface area (Å²) in [4.78, 5) is 14.0. The Balaban J connectivity index is 2.66. The van der Waals surface area contributed by atoms with Gasteiger partial charge in [0.2, 0.25) is 0 Å². The minimum Gasteiger partial charge on any atom is -0.508 e. The largest absolute Gasteiger partial charge is 0.508 e. The number of benzene rings is 1. The topological polar surface area (TPSA) is 64.3 Å². The van der Waals surface area contributed by atoms with Gasteiger partial charge >= 0.3 is 0 Å². The molecule has 0 aliphatic heterocycles. The Kier molecular flexibility index (Phi) is 5.34. The quantitative estimate of drug-likeness (QED) is 0.781. The third kappa shape index (κ3) is 4.19. The number of phenolic OH excluding ortho intramolecular Hbond substituents is 1. The number of aromatic hydroxyl groups is 1. The lowest BCUT2D eigenvalue weighted by atomic mass is 10.1. The van der Waals surface area contributed by atoms with Gasteiger partial charge in [-0.15, -0.1) is 0 Å². The van der Waals surface area contributed by atoms with Crippen LogP contribution in [0.2, 0.25) is 0 Å². The molecule has 4 nitrogen and oxygen atoms in total. The summed E-state index contributed by atoms with van der Waals surface area (Å²) in [5.74, 6) is 0.151. The van der Waals surface area contributed by atoms with Crippen molar-refractivity contribution in [2.24, 2.45) is 0 Å². The van der Waals surface area contributed by atoms with E-state index in [4.69, 9.17) is 10.4 Å². The van der Waals surface area contributed by atoms with E-state index in [2.05, 4.69) is 6.07 Å². The van der Waals surface area contributed by atoms with Crippen LogP contribution in [0.15, 0.2) is 24.3 Å². The Hall–Kier alpha value is -1.86. The molecule has 0 radical (unpaired) electrons. The van der Waals surface area contributed by atoms with Crippen molar-refractivity contribution < 1.29 is 9.90 Å². The van der Waals surface area contributed by atoms with Crippen LogP contribution in [0.3, 0.4) is 0 Å². The van der Waals surface area contributed by atoms with Crippen LogP contribution in [0.1, 0.15) is 30.6 Å². The molecule has 96 valence electrons. The van der Waals surface area contributed by atoms with Gasteiger partial charge in [0, 0.05) is 24.6 Å². The van der Waals surface area contributed by atoms with Crippen LogP contribution in [0, 0.1) is 11.3 Å². The summed E-state index contributed by atoms with van der Waals surface area (Å²) in [7, 11) is 0. The highest BCUT2D eigenvalue weighted by molar-refractivity contribution is 5.97. The molecule has 1 aromatic carbocycles. The van der Waals surface area contributed by atoms with E-state index in [1.807, 2.05) is 18.7 Å². The second-order valence-electron chi connectivity index (χ2n) is 4.44. The molecular weight excluding hydrogens is 228 g/mol. The van der Waals surface area contributed by atoms with Crippen molar-refractivity contribution in [3.8, 4) is 11.8 Å². The van der Waals surface area contributed by atoms with E-state index >= 15 is 0 Å². The third-order valence-electron chi connectivity index (χ3n) is 2.78. The molecule has 1 N–H and O–H groups in total. The van der Waals surface area contributed by atoms with E-state index in [0.29, 0.717) is 25.1 Å². The fourth-order valence-corrected chi connectivity index (χ4v) is 1.64. The number of carbonyl (C=O) groups is 1. The summed E-state index contributed by atoms with van der Waals surface area (Å²) in [6.45, 7) is 4.89. The molecule has 0 saturated carbocycles. The summed E-state index contributed by atoms with van der Waals surface area (Å²) in [6.07, 6.45) is 0.418. The third-order valence-corrected chi connectivity index (χ3v) is 2.78. The van der Waals surface area contributed by atoms with Crippen molar-refractivity contribution in [2.75, 3.05) is 13.1 Å². The summed E-state index contributed by atoms with van der Waals surface area (Å²) in [6, 6.07) is 8.54. The smallest absolute Gasteiger partial charge is 0.176 e. The van der Waals surface area contributed by atoms with Gasteiger partial charge in [0.15, 0.2) is 5.78 Å². The van der Waals surface area contributed by atoms with Gasteiger partial charge in [0.1, 0.15) is 5.75 Å². The number of nitriles is 1. The van der Waals surface area contributed by atoms with Crippen LogP contribution in [-0.4, -0.2) is 34.9 Å². The van der Waals surface area contributed by atoms with Crippen molar-refractivity contribution in [1.29, 1.82) is 5.26 Å². The average molecular weight is 246 g/mol. The second kappa shape index (κ2) is 6.77. The zero-order valence-electron chi connectivity index (χ0n) is 10.8. The minimum absolute atomic E-state index is 0.00152. The predicted octanol–water partition coefficient (Wildman–Crippen LogP) is 2.20. The maximum atomic E-state index is 12.0.